The van der Waals surface area contributed by atoms with Gasteiger partial charge in [-0.1, -0.05) is 131 Å². The second-order valence-electron chi connectivity index (χ2n) is 15.4. The van der Waals surface area contributed by atoms with Crippen LogP contribution in [-0.4, -0.2) is 79.9 Å². The summed E-state index contributed by atoms with van der Waals surface area (Å²) in [6, 6.07) is 10.1. The summed E-state index contributed by atoms with van der Waals surface area (Å²) < 4.78 is 25.1. The number of carbonyl (C=O) groups is 2. The number of benzene rings is 2. The van der Waals surface area contributed by atoms with Crippen LogP contribution in [0.4, 0.5) is 0 Å². The van der Waals surface area contributed by atoms with Crippen LogP contribution in [0.1, 0.15) is 179 Å². The van der Waals surface area contributed by atoms with E-state index in [1.807, 2.05) is 0 Å². The highest BCUT2D eigenvalue weighted by atomic mass is 32.2. The highest BCUT2D eigenvalue weighted by Crippen LogP contribution is 2.62. The molecular weight excluding hydrogens is 743 g/mol. The normalized spacial score (nSPS) is 11.6. The Morgan fingerprint density at radius 3 is 0.800 bits per heavy atom. The minimum Gasteiger partial charge on any atom is -0.478 e. The van der Waals surface area contributed by atoms with Crippen molar-refractivity contribution in [3.8, 4) is 0 Å². The highest BCUT2D eigenvalue weighted by molar-refractivity contribution is 7.91. The molecule has 0 bridgehead atoms. The summed E-state index contributed by atoms with van der Waals surface area (Å²) in [6.45, 7) is 18.8. The molecule has 0 spiro atoms. The van der Waals surface area contributed by atoms with E-state index in [1.54, 1.807) is 49.3 Å². The zero-order valence-electron chi connectivity index (χ0n) is 36.4. The lowest BCUT2D eigenvalue weighted by Crippen LogP contribution is -2.13. The molecule has 0 radical (unpaired) electrons. The summed E-state index contributed by atoms with van der Waals surface area (Å²) in [5.41, 5.74) is -0.810. The lowest BCUT2D eigenvalue weighted by Gasteiger charge is -2.28. The maximum atomic E-state index is 12.6. The Labute approximate surface area is 340 Å². The van der Waals surface area contributed by atoms with Gasteiger partial charge in [-0.2, -0.15) is 0 Å². The molecule has 2 aromatic carbocycles. The number of carboxylic acid groups (broad SMARTS) is 2. The quantitative estimate of drug-likeness (QED) is 0.0827. The van der Waals surface area contributed by atoms with Crippen LogP contribution in [-0.2, 0) is 9.84 Å². The number of rotatable bonds is 28. The Morgan fingerprint density at radius 2 is 0.618 bits per heavy atom. The van der Waals surface area contributed by atoms with Crippen LogP contribution >= 0.6 is 14.5 Å². The molecule has 2 N–H and O–H groups in total. The van der Waals surface area contributed by atoms with Crippen molar-refractivity contribution in [3.05, 3.63) is 59.7 Å². The van der Waals surface area contributed by atoms with Crippen LogP contribution in [0.3, 0.4) is 0 Å². The van der Waals surface area contributed by atoms with Crippen LogP contribution in [0, 0.1) is 0 Å². The average Bonchev–Trinajstić information content (AvgIpc) is 3.20. The fourth-order valence-corrected chi connectivity index (χ4v) is 19.4. The van der Waals surface area contributed by atoms with Gasteiger partial charge in [0.25, 0.3) is 0 Å². The Kier molecular flexibility index (Phi) is 30.2. The van der Waals surface area contributed by atoms with E-state index in [1.165, 1.54) is 127 Å². The Morgan fingerprint density at radius 1 is 0.418 bits per heavy atom. The van der Waals surface area contributed by atoms with E-state index < -0.39 is 57.2 Å². The second-order valence-corrected chi connectivity index (χ2v) is 26.2. The molecule has 0 aliphatic rings. The first kappa shape index (κ1) is 53.2. The lowest BCUT2D eigenvalue weighted by molar-refractivity contribution is 0.0683. The largest absolute Gasteiger partial charge is 0.478 e. The van der Waals surface area contributed by atoms with E-state index >= 15 is 0 Å². The number of unbranched alkanes of at least 4 members (excludes halogenated alkanes) is 8. The fraction of sp³-hybridized carbons (Fsp3) is 0.696. The van der Waals surface area contributed by atoms with E-state index in [0.717, 1.165) is 24.3 Å². The highest BCUT2D eigenvalue weighted by Gasteiger charge is 2.35. The molecule has 6 nitrogen and oxygen atoms in total. The molecule has 0 fully saturated rings. The van der Waals surface area contributed by atoms with Gasteiger partial charge in [-0.3, -0.25) is 0 Å². The molecule has 316 valence electrons. The predicted molar refractivity (Wildman–Crippen MR) is 244 cm³/mol. The van der Waals surface area contributed by atoms with Crippen LogP contribution in [0.25, 0.3) is 0 Å². The third-order valence-corrected chi connectivity index (χ3v) is 22.7. The van der Waals surface area contributed by atoms with Gasteiger partial charge in [0, 0.05) is 14.5 Å². The number of hydrogen-bond donors (Lipinski definition) is 2. The van der Waals surface area contributed by atoms with Gasteiger partial charge in [0.05, 0.1) is 70.2 Å². The van der Waals surface area contributed by atoms with Crippen molar-refractivity contribution in [1.29, 1.82) is 0 Å². The van der Waals surface area contributed by atoms with E-state index in [0.29, 0.717) is 0 Å². The topological polar surface area (TPSA) is 109 Å². The first-order valence-electron chi connectivity index (χ1n) is 21.9. The van der Waals surface area contributed by atoms with Crippen molar-refractivity contribution in [1.82, 2.24) is 0 Å². The molecule has 0 atom stereocenters. The van der Waals surface area contributed by atoms with Crippen LogP contribution < -0.4 is 0 Å². The minimum absolute atomic E-state index is 0.405. The van der Waals surface area contributed by atoms with Crippen molar-refractivity contribution in [2.75, 3.05) is 49.3 Å². The van der Waals surface area contributed by atoms with Crippen molar-refractivity contribution < 1.29 is 28.2 Å². The van der Waals surface area contributed by atoms with Crippen LogP contribution in [0.5, 0.6) is 0 Å². The molecule has 9 heteroatoms. The SMILES string of the molecule is CCCC[P+](CCCC)(CCCC)CCCC.CCCC[P+](CCCC)(CCCC)CCCC.O=C(O)c1ccccc1S(=O)(=O)c1ccccc1C(=O)O. The number of carboxylic acids is 2. The number of aromatic carboxylic acids is 2. The third kappa shape index (κ3) is 20.4. The van der Waals surface area contributed by atoms with Gasteiger partial charge < -0.3 is 10.2 Å². The number of hydrogen-bond acceptors (Lipinski definition) is 4. The van der Waals surface area contributed by atoms with Crippen molar-refractivity contribution >= 4 is 36.3 Å². The molecule has 2 rings (SSSR count). The molecule has 0 aromatic heterocycles. The molecule has 2 aromatic rings. The van der Waals surface area contributed by atoms with Crippen molar-refractivity contribution in [2.24, 2.45) is 0 Å². The summed E-state index contributed by atoms with van der Waals surface area (Å²) >= 11 is 0. The smallest absolute Gasteiger partial charge is 0.337 e. The van der Waals surface area contributed by atoms with Gasteiger partial charge in [-0.15, -0.1) is 0 Å². The van der Waals surface area contributed by atoms with Gasteiger partial charge in [0.1, 0.15) is 0 Å². The average molecular weight is 825 g/mol. The van der Waals surface area contributed by atoms with Gasteiger partial charge in [-0.05, 0) is 75.6 Å². The Hall–Kier alpha value is -1.81. The molecule has 0 aliphatic carbocycles. The van der Waals surface area contributed by atoms with Crippen LogP contribution in [0.2, 0.25) is 0 Å². The molecular formula is C46H82O6P2S+2. The Balaban J connectivity index is 0.000000804. The number of sulfone groups is 1. The van der Waals surface area contributed by atoms with Crippen molar-refractivity contribution in [3.63, 3.8) is 0 Å². The maximum Gasteiger partial charge on any atom is 0.337 e. The summed E-state index contributed by atoms with van der Waals surface area (Å²) in [6.07, 6.45) is 35.9. The van der Waals surface area contributed by atoms with Crippen LogP contribution in [0.15, 0.2) is 58.3 Å². The Bertz CT molecular complexity index is 1240. The zero-order chi connectivity index (χ0) is 41.6. The third-order valence-electron chi connectivity index (χ3n) is 10.7. The van der Waals surface area contributed by atoms with E-state index in [-0.39, 0.29) is 0 Å². The lowest BCUT2D eigenvalue weighted by atomic mass is 10.2. The second kappa shape index (κ2) is 31.2. The summed E-state index contributed by atoms with van der Waals surface area (Å²) in [5.74, 6) is -2.80. The fourth-order valence-electron chi connectivity index (χ4n) is 7.16. The van der Waals surface area contributed by atoms with Gasteiger partial charge >= 0.3 is 11.9 Å². The van der Waals surface area contributed by atoms with Gasteiger partial charge in [0.2, 0.25) is 9.84 Å². The van der Waals surface area contributed by atoms with E-state index in [9.17, 15) is 18.0 Å². The summed E-state index contributed by atoms with van der Waals surface area (Å²) in [4.78, 5) is 21.4. The first-order valence-corrected chi connectivity index (χ1v) is 28.5. The minimum atomic E-state index is -4.25. The predicted octanol–water partition coefficient (Wildman–Crippen LogP) is 14.3. The molecule has 55 heavy (non-hydrogen) atoms. The monoisotopic (exact) mass is 825 g/mol. The summed E-state index contributed by atoms with van der Waals surface area (Å²) in [7, 11) is -5.38. The molecule has 0 saturated carbocycles. The molecule has 0 amide bonds. The van der Waals surface area contributed by atoms with E-state index in [4.69, 9.17) is 10.2 Å². The summed E-state index contributed by atoms with van der Waals surface area (Å²) in [5, 5.41) is 18.1. The van der Waals surface area contributed by atoms with Gasteiger partial charge in [-0.25, -0.2) is 18.0 Å². The van der Waals surface area contributed by atoms with Crippen molar-refractivity contribution in [2.45, 2.75) is 168 Å². The zero-order valence-corrected chi connectivity index (χ0v) is 39.0. The maximum absolute atomic E-state index is 12.6. The van der Waals surface area contributed by atoms with E-state index in [2.05, 4.69) is 55.4 Å². The molecule has 0 unspecified atom stereocenters. The van der Waals surface area contributed by atoms with Gasteiger partial charge in [0.15, 0.2) is 0 Å². The molecule has 0 aliphatic heterocycles. The standard InChI is InChI=1S/2C16H36P.C14H10O6S/c2*1-5-9-13-17(14-10-6-2,15-11-7-3)16-12-8-4;15-13(16)9-5-1-3-7-11(9)21(19,20)12-8-4-2-6-10(12)14(17)18/h2*5-16H2,1-4H3;1-8H,(H,15,16)(H,17,18)/q2*+1;. The first-order chi connectivity index (χ1) is 26.3. The molecule has 0 heterocycles. The molecule has 0 saturated heterocycles.